The Morgan fingerprint density at radius 3 is 3.00 bits per heavy atom. The average molecular weight is 312 g/mol. The van der Waals surface area contributed by atoms with E-state index in [1.165, 1.54) is 5.56 Å². The molecule has 1 aliphatic carbocycles. The number of H-pyrrole nitrogens is 1. The van der Waals surface area contributed by atoms with Gasteiger partial charge in [0.05, 0.1) is 17.2 Å². The third-order valence-corrected chi connectivity index (χ3v) is 5.89. The Morgan fingerprint density at radius 1 is 1.39 bits per heavy atom. The van der Waals surface area contributed by atoms with Crippen LogP contribution in [0.3, 0.4) is 0 Å². The molecular weight excluding hydrogens is 288 g/mol. The van der Waals surface area contributed by atoms with Crippen LogP contribution in [0.1, 0.15) is 41.4 Å². The SMILES string of the molecule is CC[C@H]1[C@H](NC(=O)c2cccc3c(C)c(C)[nH]c23)[C@H]2CCO[C@H]21. The third-order valence-electron chi connectivity index (χ3n) is 5.89. The molecule has 4 rings (SSSR count). The van der Waals surface area contributed by atoms with Crippen LogP contribution >= 0.6 is 0 Å². The van der Waals surface area contributed by atoms with Gasteiger partial charge in [-0.25, -0.2) is 0 Å². The van der Waals surface area contributed by atoms with Crippen molar-refractivity contribution in [2.24, 2.45) is 11.8 Å². The fourth-order valence-electron chi connectivity index (χ4n) is 4.43. The summed E-state index contributed by atoms with van der Waals surface area (Å²) >= 11 is 0. The van der Waals surface area contributed by atoms with Gasteiger partial charge in [0.25, 0.3) is 5.91 Å². The van der Waals surface area contributed by atoms with Crippen LogP contribution in [0.15, 0.2) is 18.2 Å². The van der Waals surface area contributed by atoms with Crippen molar-refractivity contribution in [2.75, 3.05) is 6.61 Å². The molecule has 122 valence electrons. The predicted molar refractivity (Wildman–Crippen MR) is 90.7 cm³/mol. The number of hydrogen-bond acceptors (Lipinski definition) is 2. The molecule has 0 spiro atoms. The van der Waals surface area contributed by atoms with E-state index in [-0.39, 0.29) is 11.9 Å². The van der Waals surface area contributed by atoms with Crippen molar-refractivity contribution in [2.45, 2.75) is 45.8 Å². The van der Waals surface area contributed by atoms with Crippen molar-refractivity contribution in [3.63, 3.8) is 0 Å². The van der Waals surface area contributed by atoms with E-state index in [0.29, 0.717) is 17.9 Å². The zero-order valence-electron chi connectivity index (χ0n) is 14.0. The van der Waals surface area contributed by atoms with Gasteiger partial charge in [-0.05, 0) is 38.3 Å². The Kier molecular flexibility index (Phi) is 3.45. The van der Waals surface area contributed by atoms with Crippen LogP contribution in [-0.4, -0.2) is 29.6 Å². The number of rotatable bonds is 3. The van der Waals surface area contributed by atoms with E-state index in [1.54, 1.807) is 0 Å². The van der Waals surface area contributed by atoms with E-state index in [9.17, 15) is 4.79 Å². The molecule has 1 aromatic carbocycles. The van der Waals surface area contributed by atoms with Crippen LogP contribution < -0.4 is 5.32 Å². The van der Waals surface area contributed by atoms with Gasteiger partial charge < -0.3 is 15.0 Å². The number of benzene rings is 1. The Balaban J connectivity index is 1.61. The molecule has 2 aromatic rings. The smallest absolute Gasteiger partial charge is 0.253 e. The number of aryl methyl sites for hydroxylation is 2. The van der Waals surface area contributed by atoms with E-state index in [2.05, 4.69) is 37.1 Å². The number of ether oxygens (including phenoxy) is 1. The first-order chi connectivity index (χ1) is 11.1. The Morgan fingerprint density at radius 2 is 2.22 bits per heavy atom. The Labute approximate surface area is 136 Å². The number of amides is 1. The number of aromatic amines is 1. The highest BCUT2D eigenvalue weighted by Crippen LogP contribution is 2.45. The number of fused-ring (bicyclic) bond motifs is 2. The fraction of sp³-hybridized carbons (Fsp3) is 0.526. The fourth-order valence-corrected chi connectivity index (χ4v) is 4.43. The molecule has 2 fully saturated rings. The second-order valence-electron chi connectivity index (χ2n) is 6.96. The number of aromatic nitrogens is 1. The van der Waals surface area contributed by atoms with Gasteiger partial charge in [-0.1, -0.05) is 19.1 Å². The van der Waals surface area contributed by atoms with Crippen molar-refractivity contribution in [1.29, 1.82) is 0 Å². The first-order valence-electron chi connectivity index (χ1n) is 8.62. The van der Waals surface area contributed by atoms with Crippen LogP contribution in [0.4, 0.5) is 0 Å². The minimum absolute atomic E-state index is 0.0330. The summed E-state index contributed by atoms with van der Waals surface area (Å²) in [4.78, 5) is 16.2. The molecule has 4 atom stereocenters. The molecule has 0 unspecified atom stereocenters. The van der Waals surface area contributed by atoms with Crippen LogP contribution in [-0.2, 0) is 4.74 Å². The van der Waals surface area contributed by atoms with Crippen molar-refractivity contribution in [1.82, 2.24) is 10.3 Å². The van der Waals surface area contributed by atoms with Crippen molar-refractivity contribution < 1.29 is 9.53 Å². The number of para-hydroxylation sites is 1. The normalized spacial score (nSPS) is 29.3. The first-order valence-corrected chi connectivity index (χ1v) is 8.62. The van der Waals surface area contributed by atoms with Crippen LogP contribution in [0, 0.1) is 25.7 Å². The maximum absolute atomic E-state index is 12.9. The Hall–Kier alpha value is -1.81. The molecular formula is C19H24N2O2. The van der Waals surface area contributed by atoms with Gasteiger partial charge in [0.15, 0.2) is 0 Å². The Bertz CT molecular complexity index is 764. The van der Waals surface area contributed by atoms with Gasteiger partial charge in [0.2, 0.25) is 0 Å². The van der Waals surface area contributed by atoms with Gasteiger partial charge >= 0.3 is 0 Å². The van der Waals surface area contributed by atoms with Gasteiger partial charge in [0.1, 0.15) is 0 Å². The summed E-state index contributed by atoms with van der Waals surface area (Å²) in [5.41, 5.74) is 4.04. The minimum atomic E-state index is 0.0330. The van der Waals surface area contributed by atoms with Crippen molar-refractivity contribution in [3.05, 3.63) is 35.0 Å². The quantitative estimate of drug-likeness (QED) is 0.913. The third kappa shape index (κ3) is 2.12. The lowest BCUT2D eigenvalue weighted by molar-refractivity contribution is -0.0545. The predicted octanol–water partition coefficient (Wildman–Crippen LogP) is 3.33. The number of hydrogen-bond donors (Lipinski definition) is 2. The van der Waals surface area contributed by atoms with E-state index < -0.39 is 0 Å². The number of carbonyl (C=O) groups excluding carboxylic acids is 1. The molecule has 2 heterocycles. The molecule has 2 aliphatic rings. The molecule has 4 nitrogen and oxygen atoms in total. The second kappa shape index (κ2) is 5.38. The van der Waals surface area contributed by atoms with Crippen molar-refractivity contribution >= 4 is 16.8 Å². The minimum Gasteiger partial charge on any atom is -0.377 e. The zero-order chi connectivity index (χ0) is 16.1. The molecule has 23 heavy (non-hydrogen) atoms. The average Bonchev–Trinajstić information content (AvgIpc) is 3.08. The first kappa shape index (κ1) is 14.8. The summed E-state index contributed by atoms with van der Waals surface area (Å²) in [5.74, 6) is 0.985. The summed E-state index contributed by atoms with van der Waals surface area (Å²) in [5, 5.41) is 4.42. The van der Waals surface area contributed by atoms with E-state index >= 15 is 0 Å². The maximum atomic E-state index is 12.9. The molecule has 2 N–H and O–H groups in total. The van der Waals surface area contributed by atoms with Gasteiger partial charge in [-0.2, -0.15) is 0 Å². The maximum Gasteiger partial charge on any atom is 0.253 e. The van der Waals surface area contributed by atoms with Crippen LogP contribution in [0.5, 0.6) is 0 Å². The molecule has 1 aliphatic heterocycles. The molecule has 1 saturated heterocycles. The lowest BCUT2D eigenvalue weighted by atomic mass is 9.65. The highest BCUT2D eigenvalue weighted by Gasteiger charge is 2.53. The van der Waals surface area contributed by atoms with E-state index in [4.69, 9.17) is 4.74 Å². The highest BCUT2D eigenvalue weighted by molar-refractivity contribution is 6.06. The monoisotopic (exact) mass is 312 g/mol. The number of nitrogens with one attached hydrogen (secondary N) is 2. The van der Waals surface area contributed by atoms with Gasteiger partial charge in [-0.15, -0.1) is 0 Å². The lowest BCUT2D eigenvalue weighted by Gasteiger charge is -2.47. The molecule has 1 aromatic heterocycles. The number of carbonyl (C=O) groups is 1. The molecule has 0 radical (unpaired) electrons. The second-order valence-corrected chi connectivity index (χ2v) is 6.96. The molecule has 4 heteroatoms. The molecule has 0 bridgehead atoms. The van der Waals surface area contributed by atoms with E-state index in [0.717, 1.165) is 41.6 Å². The van der Waals surface area contributed by atoms with Gasteiger partial charge in [0, 0.05) is 35.6 Å². The summed E-state index contributed by atoms with van der Waals surface area (Å²) in [7, 11) is 0. The van der Waals surface area contributed by atoms with Crippen LogP contribution in [0.25, 0.3) is 10.9 Å². The summed E-state index contributed by atoms with van der Waals surface area (Å²) in [6.07, 6.45) is 2.48. The standard InChI is InChI=1S/C19H24N2O2/c1-4-12-16(14-8-9-23-18(12)14)21-19(22)15-7-5-6-13-10(2)11(3)20-17(13)15/h5-7,12,14,16,18,20H,4,8-9H2,1-3H3,(H,21,22)/t12-,14+,16-,18-/m0/s1. The summed E-state index contributed by atoms with van der Waals surface area (Å²) in [6.45, 7) is 7.16. The largest absolute Gasteiger partial charge is 0.377 e. The van der Waals surface area contributed by atoms with Crippen molar-refractivity contribution in [3.8, 4) is 0 Å². The summed E-state index contributed by atoms with van der Waals surface area (Å²) in [6, 6.07) is 6.21. The van der Waals surface area contributed by atoms with E-state index in [1.807, 2.05) is 12.1 Å². The lowest BCUT2D eigenvalue weighted by Crippen LogP contribution is -2.61. The topological polar surface area (TPSA) is 54.1 Å². The molecule has 1 saturated carbocycles. The highest BCUT2D eigenvalue weighted by atomic mass is 16.5. The van der Waals surface area contributed by atoms with Crippen LogP contribution in [0.2, 0.25) is 0 Å². The van der Waals surface area contributed by atoms with Gasteiger partial charge in [-0.3, -0.25) is 4.79 Å². The molecule has 1 amide bonds. The zero-order valence-corrected chi connectivity index (χ0v) is 14.0. The summed E-state index contributed by atoms with van der Waals surface area (Å²) < 4.78 is 5.80.